The average Bonchev–Trinajstić information content (AvgIpc) is 3.00. The summed E-state index contributed by atoms with van der Waals surface area (Å²) in [5, 5.41) is 0. The summed E-state index contributed by atoms with van der Waals surface area (Å²) in [4.78, 5) is 18.7. The third-order valence-electron chi connectivity index (χ3n) is 4.30. The maximum atomic E-state index is 12.5. The zero-order valence-corrected chi connectivity index (χ0v) is 15.0. The Morgan fingerprint density at radius 2 is 1.96 bits per heavy atom. The van der Waals surface area contributed by atoms with Crippen LogP contribution in [0.15, 0.2) is 41.5 Å². The van der Waals surface area contributed by atoms with E-state index >= 15 is 0 Å². The molecule has 0 N–H and O–H groups in total. The van der Waals surface area contributed by atoms with Crippen LogP contribution in [0.1, 0.15) is 28.7 Å². The molecule has 4 heteroatoms. The third-order valence-corrected chi connectivity index (χ3v) is 5.16. The highest BCUT2D eigenvalue weighted by Gasteiger charge is 2.22. The number of rotatable bonds is 3. The number of benzene rings is 1. The van der Waals surface area contributed by atoms with Crippen LogP contribution in [0, 0.1) is 13.8 Å². The highest BCUT2D eigenvalue weighted by Crippen LogP contribution is 2.33. The number of aryl methyl sites for hydroxylation is 4. The summed E-state index contributed by atoms with van der Waals surface area (Å²) in [6.45, 7) is 7.66. The Morgan fingerprint density at radius 1 is 1.22 bits per heavy atom. The summed E-state index contributed by atoms with van der Waals surface area (Å²) < 4.78 is 1.03. The van der Waals surface area contributed by atoms with E-state index in [2.05, 4.69) is 27.5 Å². The largest absolute Gasteiger partial charge is 0.269 e. The molecule has 0 bridgehead atoms. The van der Waals surface area contributed by atoms with E-state index in [1.807, 2.05) is 38.2 Å². The fraction of sp³-hybridized carbons (Fsp3) is 0.263. The van der Waals surface area contributed by atoms with E-state index in [0.29, 0.717) is 5.82 Å². The first kappa shape index (κ1) is 15.9. The Kier molecular flexibility index (Phi) is 4.35. The van der Waals surface area contributed by atoms with Crippen LogP contribution in [0.5, 0.6) is 0 Å². The molecule has 1 aliphatic rings. The SMILES string of the molecule is C=CC(=O)N(c1cc2c(cn1)CCC2)c1cc(C)c(Br)cc1C. The van der Waals surface area contributed by atoms with Crippen LogP contribution in [0.4, 0.5) is 11.5 Å². The van der Waals surface area contributed by atoms with Crippen molar-refractivity contribution >= 4 is 33.3 Å². The van der Waals surface area contributed by atoms with Gasteiger partial charge in [0.25, 0.3) is 5.91 Å². The lowest BCUT2D eigenvalue weighted by atomic mass is 10.1. The fourth-order valence-electron chi connectivity index (χ4n) is 3.02. The standard InChI is InChI=1S/C19H19BrN2O/c1-4-19(23)22(17-9-12(2)16(20)8-13(17)3)18-10-14-6-5-7-15(14)11-21-18/h4,8-11H,1,5-7H2,2-3H3. The van der Waals surface area contributed by atoms with Gasteiger partial charge in [-0.25, -0.2) is 4.98 Å². The molecule has 0 spiro atoms. The van der Waals surface area contributed by atoms with E-state index in [4.69, 9.17) is 0 Å². The van der Waals surface area contributed by atoms with Gasteiger partial charge in [0.2, 0.25) is 0 Å². The van der Waals surface area contributed by atoms with Crippen LogP contribution in [-0.2, 0) is 17.6 Å². The quantitative estimate of drug-likeness (QED) is 0.726. The zero-order valence-electron chi connectivity index (χ0n) is 13.4. The Hall–Kier alpha value is -1.94. The second-order valence-electron chi connectivity index (χ2n) is 5.93. The van der Waals surface area contributed by atoms with Gasteiger partial charge >= 0.3 is 0 Å². The number of hydrogen-bond donors (Lipinski definition) is 0. The molecular formula is C19H19BrN2O. The molecule has 118 valence electrons. The molecule has 3 nitrogen and oxygen atoms in total. The minimum Gasteiger partial charge on any atom is -0.269 e. The number of fused-ring (bicyclic) bond motifs is 1. The molecule has 0 aliphatic heterocycles. The summed E-state index contributed by atoms with van der Waals surface area (Å²) in [5.41, 5.74) is 5.53. The predicted molar refractivity (Wildman–Crippen MR) is 97.2 cm³/mol. The summed E-state index contributed by atoms with van der Waals surface area (Å²) in [5.74, 6) is 0.501. The highest BCUT2D eigenvalue weighted by atomic mass is 79.9. The second kappa shape index (κ2) is 6.28. The highest BCUT2D eigenvalue weighted by molar-refractivity contribution is 9.10. The Bertz CT molecular complexity index is 798. The second-order valence-corrected chi connectivity index (χ2v) is 6.78. The van der Waals surface area contributed by atoms with Crippen molar-refractivity contribution in [1.82, 2.24) is 4.98 Å². The van der Waals surface area contributed by atoms with Gasteiger partial charge in [-0.05, 0) is 79.6 Å². The van der Waals surface area contributed by atoms with Crippen molar-refractivity contribution in [3.8, 4) is 0 Å². The van der Waals surface area contributed by atoms with E-state index in [0.717, 1.165) is 40.5 Å². The van der Waals surface area contributed by atoms with Gasteiger partial charge < -0.3 is 0 Å². The van der Waals surface area contributed by atoms with Gasteiger partial charge in [0.15, 0.2) is 0 Å². The van der Waals surface area contributed by atoms with E-state index in [1.165, 1.54) is 17.2 Å². The van der Waals surface area contributed by atoms with Crippen LogP contribution in [0.2, 0.25) is 0 Å². The first-order valence-electron chi connectivity index (χ1n) is 7.72. The van der Waals surface area contributed by atoms with Crippen molar-refractivity contribution in [2.24, 2.45) is 0 Å². The van der Waals surface area contributed by atoms with Gasteiger partial charge in [-0.2, -0.15) is 0 Å². The molecule has 0 fully saturated rings. The molecule has 1 heterocycles. The summed E-state index contributed by atoms with van der Waals surface area (Å²) in [6, 6.07) is 6.08. The topological polar surface area (TPSA) is 33.2 Å². The van der Waals surface area contributed by atoms with Crippen molar-refractivity contribution in [2.75, 3.05) is 4.90 Å². The number of carbonyl (C=O) groups excluding carboxylic acids is 1. The van der Waals surface area contributed by atoms with Gasteiger partial charge in [0.05, 0.1) is 5.69 Å². The number of nitrogens with zero attached hydrogens (tertiary/aromatic N) is 2. The number of aromatic nitrogens is 1. The van der Waals surface area contributed by atoms with E-state index in [-0.39, 0.29) is 5.91 Å². The molecule has 3 rings (SSSR count). The van der Waals surface area contributed by atoms with Crippen molar-refractivity contribution in [1.29, 1.82) is 0 Å². The Balaban J connectivity index is 2.14. The lowest BCUT2D eigenvalue weighted by molar-refractivity contribution is -0.113. The normalized spacial score (nSPS) is 12.8. The fourth-order valence-corrected chi connectivity index (χ4v) is 3.47. The zero-order chi connectivity index (χ0) is 16.6. The molecule has 2 aromatic rings. The van der Waals surface area contributed by atoms with Crippen molar-refractivity contribution in [3.05, 3.63) is 63.8 Å². The van der Waals surface area contributed by atoms with Crippen molar-refractivity contribution in [2.45, 2.75) is 33.1 Å². The third kappa shape index (κ3) is 2.95. The lowest BCUT2D eigenvalue weighted by Gasteiger charge is -2.24. The average molecular weight is 371 g/mol. The number of carbonyl (C=O) groups is 1. The molecule has 0 saturated heterocycles. The smallest absolute Gasteiger partial charge is 0.256 e. The molecule has 1 amide bonds. The number of amides is 1. The van der Waals surface area contributed by atoms with Crippen LogP contribution in [0.25, 0.3) is 0 Å². The van der Waals surface area contributed by atoms with Gasteiger partial charge in [0, 0.05) is 10.7 Å². The minimum atomic E-state index is -0.166. The minimum absolute atomic E-state index is 0.166. The maximum Gasteiger partial charge on any atom is 0.256 e. The number of anilines is 2. The molecule has 23 heavy (non-hydrogen) atoms. The summed E-state index contributed by atoms with van der Waals surface area (Å²) >= 11 is 3.54. The van der Waals surface area contributed by atoms with Crippen LogP contribution >= 0.6 is 15.9 Å². The van der Waals surface area contributed by atoms with E-state index < -0.39 is 0 Å². The first-order chi connectivity index (χ1) is 11.0. The van der Waals surface area contributed by atoms with Crippen LogP contribution in [-0.4, -0.2) is 10.9 Å². The predicted octanol–water partition coefficient (Wildman–Crippen LogP) is 4.80. The van der Waals surface area contributed by atoms with Crippen molar-refractivity contribution in [3.63, 3.8) is 0 Å². The maximum absolute atomic E-state index is 12.5. The van der Waals surface area contributed by atoms with Crippen LogP contribution < -0.4 is 4.90 Å². The molecule has 1 aromatic heterocycles. The monoisotopic (exact) mass is 370 g/mol. The van der Waals surface area contributed by atoms with Gasteiger partial charge in [-0.15, -0.1) is 0 Å². The molecule has 1 aliphatic carbocycles. The first-order valence-corrected chi connectivity index (χ1v) is 8.51. The van der Waals surface area contributed by atoms with Gasteiger partial charge in [-0.3, -0.25) is 9.69 Å². The van der Waals surface area contributed by atoms with E-state index in [1.54, 1.807) is 4.90 Å². The molecule has 1 aromatic carbocycles. The van der Waals surface area contributed by atoms with Crippen LogP contribution in [0.3, 0.4) is 0 Å². The Morgan fingerprint density at radius 3 is 2.70 bits per heavy atom. The summed E-state index contributed by atoms with van der Waals surface area (Å²) in [6.07, 6.45) is 6.54. The molecule has 0 saturated carbocycles. The van der Waals surface area contributed by atoms with E-state index in [9.17, 15) is 4.79 Å². The van der Waals surface area contributed by atoms with Crippen molar-refractivity contribution < 1.29 is 4.79 Å². The number of hydrogen-bond acceptors (Lipinski definition) is 2. The van der Waals surface area contributed by atoms with Gasteiger partial charge in [-0.1, -0.05) is 22.5 Å². The molecule has 0 atom stereocenters. The number of pyridine rings is 1. The van der Waals surface area contributed by atoms with Gasteiger partial charge in [0.1, 0.15) is 5.82 Å². The lowest BCUT2D eigenvalue weighted by Crippen LogP contribution is -2.25. The Labute approximate surface area is 145 Å². The molecular weight excluding hydrogens is 352 g/mol. The molecule has 0 radical (unpaired) electrons. The molecule has 0 unspecified atom stereocenters. The number of halogens is 1. The summed E-state index contributed by atoms with van der Waals surface area (Å²) in [7, 11) is 0.